The number of phenols is 1. The summed E-state index contributed by atoms with van der Waals surface area (Å²) in [4.78, 5) is 15.8. The molecule has 110 valence electrons. The molecule has 0 aliphatic carbocycles. The molecule has 1 fully saturated rings. The first kappa shape index (κ1) is 14.8. The second-order valence-electron chi connectivity index (χ2n) is 5.11. The topological polar surface area (TPSA) is 53.0 Å². The number of carbonyl (C=O) groups excluding carboxylic acids is 1. The van der Waals surface area contributed by atoms with E-state index in [0.717, 1.165) is 44.8 Å². The van der Waals surface area contributed by atoms with Gasteiger partial charge in [-0.1, -0.05) is 12.1 Å². The fourth-order valence-electron chi connectivity index (χ4n) is 2.44. The molecule has 1 N–H and O–H groups in total. The summed E-state index contributed by atoms with van der Waals surface area (Å²) in [6.45, 7) is 5.53. The summed E-state index contributed by atoms with van der Waals surface area (Å²) in [7, 11) is 1.43. The zero-order chi connectivity index (χ0) is 14.4. The third-order valence-electron chi connectivity index (χ3n) is 3.64. The molecule has 0 unspecified atom stereocenters. The maximum atomic E-state index is 11.1. The lowest BCUT2D eigenvalue weighted by Gasteiger charge is -2.34. The minimum atomic E-state index is -0.146. The Bertz CT molecular complexity index is 442. The Morgan fingerprint density at radius 2 is 1.95 bits per heavy atom. The maximum absolute atomic E-state index is 11.1. The van der Waals surface area contributed by atoms with Crippen LogP contribution in [0, 0.1) is 0 Å². The van der Waals surface area contributed by atoms with Crippen molar-refractivity contribution in [2.45, 2.75) is 13.0 Å². The highest BCUT2D eigenvalue weighted by atomic mass is 16.5. The van der Waals surface area contributed by atoms with Crippen molar-refractivity contribution in [3.8, 4) is 5.75 Å². The van der Waals surface area contributed by atoms with Gasteiger partial charge >= 0.3 is 5.97 Å². The fraction of sp³-hybridized carbons (Fsp3) is 0.533. The van der Waals surface area contributed by atoms with Gasteiger partial charge in [-0.15, -0.1) is 0 Å². The van der Waals surface area contributed by atoms with Crippen LogP contribution >= 0.6 is 0 Å². The van der Waals surface area contributed by atoms with Gasteiger partial charge < -0.3 is 14.7 Å². The largest absolute Gasteiger partial charge is 0.508 e. The molecule has 0 bridgehead atoms. The summed E-state index contributed by atoms with van der Waals surface area (Å²) in [5.74, 6) is 0.173. The van der Waals surface area contributed by atoms with E-state index in [-0.39, 0.29) is 5.97 Å². The summed E-state index contributed by atoms with van der Waals surface area (Å²) in [5.41, 5.74) is 1.13. The molecular formula is C15H22N2O3. The van der Waals surface area contributed by atoms with Crippen molar-refractivity contribution in [3.63, 3.8) is 0 Å². The van der Waals surface area contributed by atoms with E-state index in [4.69, 9.17) is 0 Å². The molecule has 1 aromatic rings. The van der Waals surface area contributed by atoms with Crippen LogP contribution in [-0.4, -0.2) is 60.7 Å². The maximum Gasteiger partial charge on any atom is 0.306 e. The van der Waals surface area contributed by atoms with Gasteiger partial charge in [0, 0.05) is 39.3 Å². The SMILES string of the molecule is COC(=O)CCN1CCN(Cc2cccc(O)c2)CC1. The number of methoxy groups -OCH3 is 1. The molecule has 20 heavy (non-hydrogen) atoms. The Kier molecular flexibility index (Phi) is 5.38. The highest BCUT2D eigenvalue weighted by Gasteiger charge is 2.17. The predicted octanol–water partition coefficient (Wildman–Crippen LogP) is 1.07. The molecule has 1 aliphatic rings. The van der Waals surface area contributed by atoms with Crippen molar-refractivity contribution in [2.24, 2.45) is 0 Å². The van der Waals surface area contributed by atoms with Crippen LogP contribution in [0.25, 0.3) is 0 Å². The number of carbonyl (C=O) groups is 1. The van der Waals surface area contributed by atoms with E-state index in [1.165, 1.54) is 7.11 Å². The Morgan fingerprint density at radius 1 is 1.25 bits per heavy atom. The highest BCUT2D eigenvalue weighted by molar-refractivity contribution is 5.69. The summed E-state index contributed by atoms with van der Waals surface area (Å²) in [6, 6.07) is 7.40. The zero-order valence-corrected chi connectivity index (χ0v) is 11.9. The van der Waals surface area contributed by atoms with E-state index in [2.05, 4.69) is 14.5 Å². The van der Waals surface area contributed by atoms with E-state index < -0.39 is 0 Å². The van der Waals surface area contributed by atoms with Gasteiger partial charge in [-0.2, -0.15) is 0 Å². The predicted molar refractivity (Wildman–Crippen MR) is 76.5 cm³/mol. The second kappa shape index (κ2) is 7.26. The second-order valence-corrected chi connectivity index (χ2v) is 5.11. The number of benzene rings is 1. The van der Waals surface area contributed by atoms with Crippen molar-refractivity contribution < 1.29 is 14.6 Å². The zero-order valence-electron chi connectivity index (χ0n) is 11.9. The van der Waals surface area contributed by atoms with Crippen molar-refractivity contribution in [1.82, 2.24) is 9.80 Å². The normalized spacial score (nSPS) is 17.1. The minimum Gasteiger partial charge on any atom is -0.508 e. The number of nitrogens with zero attached hydrogens (tertiary/aromatic N) is 2. The fourth-order valence-corrected chi connectivity index (χ4v) is 2.44. The molecule has 1 heterocycles. The Hall–Kier alpha value is -1.59. The minimum absolute atomic E-state index is 0.146. The number of rotatable bonds is 5. The van der Waals surface area contributed by atoms with E-state index in [1.54, 1.807) is 6.07 Å². The number of hydrogen-bond acceptors (Lipinski definition) is 5. The van der Waals surface area contributed by atoms with Gasteiger partial charge in [-0.3, -0.25) is 9.69 Å². The summed E-state index contributed by atoms with van der Waals surface area (Å²) >= 11 is 0. The lowest BCUT2D eigenvalue weighted by atomic mass is 10.2. The number of phenolic OH excluding ortho intramolecular Hbond substituents is 1. The Morgan fingerprint density at radius 3 is 2.60 bits per heavy atom. The van der Waals surface area contributed by atoms with Crippen molar-refractivity contribution in [3.05, 3.63) is 29.8 Å². The molecule has 1 saturated heterocycles. The molecule has 0 spiro atoms. The van der Waals surface area contributed by atoms with Crippen molar-refractivity contribution in [1.29, 1.82) is 0 Å². The standard InChI is InChI=1S/C15H22N2O3/c1-20-15(19)5-6-16-7-9-17(10-8-16)12-13-3-2-4-14(18)11-13/h2-4,11,18H,5-10,12H2,1H3. The molecule has 0 saturated carbocycles. The molecule has 0 atom stereocenters. The van der Waals surface area contributed by atoms with Gasteiger partial charge in [-0.25, -0.2) is 0 Å². The smallest absolute Gasteiger partial charge is 0.306 e. The van der Waals surface area contributed by atoms with Crippen LogP contribution in [0.1, 0.15) is 12.0 Å². The van der Waals surface area contributed by atoms with E-state index in [0.29, 0.717) is 12.2 Å². The molecule has 2 rings (SSSR count). The molecule has 1 aliphatic heterocycles. The van der Waals surface area contributed by atoms with E-state index in [1.807, 2.05) is 18.2 Å². The number of piperazine rings is 1. The van der Waals surface area contributed by atoms with E-state index in [9.17, 15) is 9.90 Å². The third-order valence-corrected chi connectivity index (χ3v) is 3.64. The van der Waals surface area contributed by atoms with Crippen LogP contribution in [0.3, 0.4) is 0 Å². The molecule has 5 nitrogen and oxygen atoms in total. The Balaban J connectivity index is 1.73. The highest BCUT2D eigenvalue weighted by Crippen LogP contribution is 2.14. The molecular weight excluding hydrogens is 256 g/mol. The van der Waals surface area contributed by atoms with Gasteiger partial charge in [0.15, 0.2) is 0 Å². The van der Waals surface area contributed by atoms with Crippen LogP contribution in [0.2, 0.25) is 0 Å². The number of ether oxygens (including phenoxy) is 1. The molecule has 1 aromatic carbocycles. The van der Waals surface area contributed by atoms with Crippen molar-refractivity contribution in [2.75, 3.05) is 39.8 Å². The van der Waals surface area contributed by atoms with Crippen LogP contribution in [0.15, 0.2) is 24.3 Å². The average molecular weight is 278 g/mol. The number of esters is 1. The first-order chi connectivity index (χ1) is 9.67. The Labute approximate surface area is 119 Å². The van der Waals surface area contributed by atoms with Crippen molar-refractivity contribution >= 4 is 5.97 Å². The number of aromatic hydroxyl groups is 1. The summed E-state index contributed by atoms with van der Waals surface area (Å²) in [6.07, 6.45) is 0.461. The third kappa shape index (κ3) is 4.51. The van der Waals surface area contributed by atoms with Gasteiger partial charge in [0.2, 0.25) is 0 Å². The lowest BCUT2D eigenvalue weighted by molar-refractivity contribution is -0.141. The molecule has 0 amide bonds. The monoisotopic (exact) mass is 278 g/mol. The summed E-state index contributed by atoms with van der Waals surface area (Å²) < 4.78 is 4.65. The van der Waals surface area contributed by atoms with Gasteiger partial charge in [-0.05, 0) is 17.7 Å². The van der Waals surface area contributed by atoms with Gasteiger partial charge in [0.05, 0.1) is 13.5 Å². The molecule has 0 aromatic heterocycles. The van der Waals surface area contributed by atoms with Gasteiger partial charge in [0.25, 0.3) is 0 Å². The lowest BCUT2D eigenvalue weighted by Crippen LogP contribution is -2.46. The van der Waals surface area contributed by atoms with Crippen LogP contribution in [0.5, 0.6) is 5.75 Å². The first-order valence-electron chi connectivity index (χ1n) is 6.97. The van der Waals surface area contributed by atoms with Crippen LogP contribution < -0.4 is 0 Å². The van der Waals surface area contributed by atoms with E-state index >= 15 is 0 Å². The molecule has 0 radical (unpaired) electrons. The summed E-state index contributed by atoms with van der Waals surface area (Å²) in [5, 5.41) is 9.46. The number of hydrogen-bond donors (Lipinski definition) is 1. The van der Waals surface area contributed by atoms with Gasteiger partial charge in [0.1, 0.15) is 5.75 Å². The van der Waals surface area contributed by atoms with Crippen LogP contribution in [0.4, 0.5) is 0 Å². The van der Waals surface area contributed by atoms with Crippen LogP contribution in [-0.2, 0) is 16.1 Å². The first-order valence-corrected chi connectivity index (χ1v) is 6.97. The molecule has 5 heteroatoms. The average Bonchev–Trinajstić information content (AvgIpc) is 2.46. The quantitative estimate of drug-likeness (QED) is 0.817.